The third kappa shape index (κ3) is 5.35. The van der Waals surface area contributed by atoms with Gasteiger partial charge in [0.1, 0.15) is 0 Å². The zero-order chi connectivity index (χ0) is 23.6. The zero-order valence-corrected chi connectivity index (χ0v) is 28.8. The van der Waals surface area contributed by atoms with Crippen molar-refractivity contribution in [1.82, 2.24) is 0 Å². The molecule has 0 amide bonds. The van der Waals surface area contributed by atoms with Gasteiger partial charge in [-0.3, -0.25) is 0 Å². The minimum absolute atomic E-state index is 0. The minimum Gasteiger partial charge on any atom is -0.147 e. The average molecular weight is 609 g/mol. The fourth-order valence-corrected chi connectivity index (χ4v) is 17.4. The molecule has 34 heavy (non-hydrogen) atoms. The summed E-state index contributed by atoms with van der Waals surface area (Å²) in [6.07, 6.45) is 9.45. The summed E-state index contributed by atoms with van der Waals surface area (Å²) >= 11 is -2.08. The molecule has 184 valence electrons. The standard InChI is InChI=1S/C21H29Si2.C5H5.C3H6.2ClH.Zr/c1-14-9-16-11-17-10-15(2)21(23(6,7)8)13-19(17)18(16)12-20(14)22(3,4)5;1-2-4-5-3-1;1-3-2;;;/h9,12-13H,11H2,1-8H3;1-3H,4H2;1-2H3;2*1H;. The molecule has 2 aliphatic carbocycles. The van der Waals surface area contributed by atoms with Gasteiger partial charge in [-0.15, -0.1) is 24.8 Å². The Bertz CT molecular complexity index is 1220. The van der Waals surface area contributed by atoms with E-state index >= 15 is 0 Å². The summed E-state index contributed by atoms with van der Waals surface area (Å²) in [5.41, 5.74) is 9.57. The van der Waals surface area contributed by atoms with Crippen LogP contribution in [0.2, 0.25) is 39.3 Å². The van der Waals surface area contributed by atoms with E-state index in [4.69, 9.17) is 0 Å². The molecule has 4 rings (SSSR count). The van der Waals surface area contributed by atoms with Crippen molar-refractivity contribution in [3.63, 3.8) is 0 Å². The Hall–Kier alpha value is -0.313. The summed E-state index contributed by atoms with van der Waals surface area (Å²) in [7, 11) is -2.84. The van der Waals surface area contributed by atoms with E-state index in [9.17, 15) is 0 Å². The predicted octanol–water partition coefficient (Wildman–Crippen LogP) is 7.11. The number of rotatable bonds is 4. The molecule has 2 aromatic rings. The molecule has 0 fully saturated rings. The number of fused-ring (bicyclic) bond motifs is 3. The van der Waals surface area contributed by atoms with Crippen LogP contribution in [0.4, 0.5) is 0 Å². The Morgan fingerprint density at radius 3 is 1.91 bits per heavy atom. The molecule has 0 unspecified atom stereocenters. The van der Waals surface area contributed by atoms with Gasteiger partial charge in [0.25, 0.3) is 0 Å². The molecular formula is C29H42Cl2Si2Zr. The Morgan fingerprint density at radius 1 is 0.824 bits per heavy atom. The van der Waals surface area contributed by atoms with E-state index in [2.05, 4.69) is 103 Å². The number of halogens is 2. The van der Waals surface area contributed by atoms with Crippen LogP contribution in [0.15, 0.2) is 39.7 Å². The van der Waals surface area contributed by atoms with Crippen molar-refractivity contribution in [2.45, 2.75) is 79.8 Å². The van der Waals surface area contributed by atoms with Crippen molar-refractivity contribution < 1.29 is 21.3 Å². The van der Waals surface area contributed by atoms with Gasteiger partial charge in [0.15, 0.2) is 0 Å². The van der Waals surface area contributed by atoms with Crippen LogP contribution in [0.5, 0.6) is 0 Å². The molecule has 0 spiro atoms. The Labute approximate surface area is 230 Å². The second kappa shape index (κ2) is 10.6. The Kier molecular flexibility index (Phi) is 9.31. The van der Waals surface area contributed by atoms with Crippen LogP contribution < -0.4 is 13.6 Å². The number of aryl methyl sites for hydroxylation is 1. The van der Waals surface area contributed by atoms with Crippen LogP contribution in [0.3, 0.4) is 0 Å². The largest absolute Gasteiger partial charge is 0.147 e. The van der Waals surface area contributed by atoms with Crippen LogP contribution in [-0.2, 0) is 27.7 Å². The van der Waals surface area contributed by atoms with Crippen LogP contribution >= 0.6 is 24.8 Å². The Morgan fingerprint density at radius 2 is 1.41 bits per heavy atom. The first kappa shape index (κ1) is 29.9. The molecule has 0 saturated carbocycles. The second-order valence-corrected chi connectivity index (χ2v) is 29.3. The van der Waals surface area contributed by atoms with Gasteiger partial charge in [-0.05, 0) is 0 Å². The predicted molar refractivity (Wildman–Crippen MR) is 162 cm³/mol. The van der Waals surface area contributed by atoms with Crippen molar-refractivity contribution in [1.29, 1.82) is 0 Å². The van der Waals surface area contributed by atoms with Crippen molar-refractivity contribution in [3.05, 3.63) is 62.0 Å². The van der Waals surface area contributed by atoms with E-state index in [0.717, 1.165) is 6.42 Å². The third-order valence-electron chi connectivity index (χ3n) is 7.26. The topological polar surface area (TPSA) is 0 Å². The van der Waals surface area contributed by atoms with Gasteiger partial charge in [-0.2, -0.15) is 0 Å². The maximum Gasteiger partial charge on any atom is -0.147 e. The summed E-state index contributed by atoms with van der Waals surface area (Å²) in [5, 5.41) is 3.33. The van der Waals surface area contributed by atoms with Crippen LogP contribution in [0.25, 0.3) is 11.1 Å². The second-order valence-electron chi connectivity index (χ2n) is 12.2. The van der Waals surface area contributed by atoms with Gasteiger partial charge >= 0.3 is 207 Å². The van der Waals surface area contributed by atoms with E-state index in [1.54, 1.807) is 44.7 Å². The molecule has 0 atom stereocenters. The molecule has 0 aromatic heterocycles. The first-order valence-corrected chi connectivity index (χ1v) is 22.8. The molecule has 0 aliphatic heterocycles. The molecule has 0 N–H and O–H groups in total. The summed E-state index contributed by atoms with van der Waals surface area (Å²) in [6.45, 7) is 24.7. The van der Waals surface area contributed by atoms with Crippen molar-refractivity contribution in [3.8, 4) is 11.1 Å². The fourth-order valence-electron chi connectivity index (χ4n) is 5.90. The summed E-state index contributed by atoms with van der Waals surface area (Å²) < 4.78 is 5.30. The van der Waals surface area contributed by atoms with Crippen LogP contribution in [0, 0.1) is 13.8 Å². The van der Waals surface area contributed by atoms with Crippen molar-refractivity contribution >= 4 is 57.8 Å². The maximum absolute atomic E-state index is 2.64. The van der Waals surface area contributed by atoms with E-state index in [1.165, 1.54) is 12.0 Å². The third-order valence-corrected chi connectivity index (χ3v) is 19.4. The summed E-state index contributed by atoms with van der Waals surface area (Å²) in [6, 6.07) is 7.79. The van der Waals surface area contributed by atoms with Crippen molar-refractivity contribution in [2.24, 2.45) is 0 Å². The Balaban J connectivity index is 0.00000204. The molecule has 0 nitrogen and oxygen atoms in total. The quantitative estimate of drug-likeness (QED) is 0.277. The van der Waals surface area contributed by atoms with Gasteiger partial charge in [0, 0.05) is 0 Å². The van der Waals surface area contributed by atoms with Gasteiger partial charge in [0.2, 0.25) is 0 Å². The summed E-state index contributed by atoms with van der Waals surface area (Å²) in [5.74, 6) is 0. The molecule has 0 heterocycles. The summed E-state index contributed by atoms with van der Waals surface area (Å²) in [4.78, 5) is 0. The average Bonchev–Trinajstić information content (AvgIpc) is 3.28. The van der Waals surface area contributed by atoms with E-state index < -0.39 is 37.4 Å². The smallest absolute Gasteiger partial charge is 0.147 e. The maximum atomic E-state index is 2.64. The van der Waals surface area contributed by atoms with Gasteiger partial charge in [-0.1, -0.05) is 0 Å². The first-order chi connectivity index (χ1) is 14.8. The van der Waals surface area contributed by atoms with Gasteiger partial charge in [0.05, 0.1) is 0 Å². The van der Waals surface area contributed by atoms with E-state index in [0.29, 0.717) is 0 Å². The van der Waals surface area contributed by atoms with E-state index in [-0.39, 0.29) is 24.8 Å². The normalized spacial score (nSPS) is 14.1. The van der Waals surface area contributed by atoms with Crippen molar-refractivity contribution in [2.75, 3.05) is 0 Å². The SMILES string of the molecule is C[C](C)=[Zr]([C]1=CC=CC1)[c]1c(C)c([Si](C)(C)C)cc2c1Cc1cc(C)c([Si](C)(C)C)cc1-2.Cl.Cl. The van der Waals surface area contributed by atoms with Gasteiger partial charge < -0.3 is 0 Å². The number of benzene rings is 2. The molecule has 0 saturated heterocycles. The number of hydrogen-bond acceptors (Lipinski definition) is 0. The van der Waals surface area contributed by atoms with Crippen LogP contribution in [0.1, 0.15) is 42.5 Å². The molecule has 0 bridgehead atoms. The molecule has 0 radical (unpaired) electrons. The van der Waals surface area contributed by atoms with E-state index in [1.807, 2.05) is 3.27 Å². The monoisotopic (exact) mass is 606 g/mol. The number of hydrogen-bond donors (Lipinski definition) is 0. The molecule has 5 heteroatoms. The van der Waals surface area contributed by atoms with Gasteiger partial charge in [-0.25, -0.2) is 0 Å². The number of allylic oxidation sites excluding steroid dienone is 4. The minimum atomic E-state index is -2.08. The molecule has 2 aromatic carbocycles. The molecule has 2 aliphatic rings. The molecular weight excluding hydrogens is 567 g/mol. The zero-order valence-electron chi connectivity index (χ0n) is 22.7. The fraction of sp³-hybridized carbons (Fsp3) is 0.414. The van der Waals surface area contributed by atoms with Crippen LogP contribution in [-0.4, -0.2) is 19.4 Å². The first-order valence-electron chi connectivity index (χ1n) is 12.2.